The molecule has 0 N–H and O–H groups in total. The minimum absolute atomic E-state index is 0.0111. The maximum atomic E-state index is 13.2. The number of hydrogen-bond acceptors (Lipinski definition) is 7. The van der Waals surface area contributed by atoms with E-state index in [1.54, 1.807) is 12.1 Å². The minimum Gasteiger partial charge on any atom is -0.493 e. The fourth-order valence-corrected chi connectivity index (χ4v) is 3.78. The van der Waals surface area contributed by atoms with Gasteiger partial charge in [0.1, 0.15) is 0 Å². The van der Waals surface area contributed by atoms with E-state index in [0.29, 0.717) is 41.5 Å². The highest BCUT2D eigenvalue weighted by Crippen LogP contribution is 2.38. The van der Waals surface area contributed by atoms with Crippen LogP contribution in [0, 0.1) is 0 Å². The summed E-state index contributed by atoms with van der Waals surface area (Å²) < 4.78 is 21.8. The van der Waals surface area contributed by atoms with Crippen LogP contribution in [0.15, 0.2) is 24.3 Å². The number of hydrogen-bond donors (Lipinski definition) is 0. The third-order valence-corrected chi connectivity index (χ3v) is 5.23. The van der Waals surface area contributed by atoms with E-state index in [1.165, 1.54) is 14.0 Å². The number of carbonyl (C=O) groups excluding carboxylic acids is 2. The molecule has 0 saturated heterocycles. The highest BCUT2D eigenvalue weighted by Gasteiger charge is 2.25. The molecule has 0 unspecified atom stereocenters. The van der Waals surface area contributed by atoms with Gasteiger partial charge in [0.2, 0.25) is 6.79 Å². The van der Waals surface area contributed by atoms with Crippen molar-refractivity contribution in [3.63, 3.8) is 0 Å². The van der Waals surface area contributed by atoms with Crippen LogP contribution in [0.4, 0.5) is 0 Å². The smallest absolute Gasteiger partial charge is 0.308 e. The van der Waals surface area contributed by atoms with Crippen LogP contribution in [0.25, 0.3) is 0 Å². The monoisotopic (exact) mass is 397 g/mol. The number of likely N-dealkylation sites (N-methyl/N-ethyl adjacent to an activating group) is 1. The molecule has 7 nitrogen and oxygen atoms in total. The van der Waals surface area contributed by atoms with Gasteiger partial charge in [0.25, 0.3) is 0 Å². The van der Waals surface area contributed by atoms with Crippen molar-refractivity contribution in [2.24, 2.45) is 0 Å². The Bertz CT molecular complexity index is 984. The predicted octanol–water partition coefficient (Wildman–Crippen LogP) is 2.76. The first-order valence-electron chi connectivity index (χ1n) is 9.47. The first-order valence-corrected chi connectivity index (χ1v) is 9.47. The second kappa shape index (κ2) is 7.75. The fourth-order valence-electron chi connectivity index (χ4n) is 3.78. The van der Waals surface area contributed by atoms with Crippen LogP contribution in [-0.4, -0.2) is 44.1 Å². The molecular weight excluding hydrogens is 374 g/mol. The average molecular weight is 397 g/mol. The van der Waals surface area contributed by atoms with E-state index in [-0.39, 0.29) is 19.0 Å². The van der Waals surface area contributed by atoms with Crippen LogP contribution in [-0.2, 0) is 24.2 Å². The Morgan fingerprint density at radius 2 is 1.90 bits per heavy atom. The van der Waals surface area contributed by atoms with Gasteiger partial charge in [0.05, 0.1) is 7.11 Å². The zero-order chi connectivity index (χ0) is 20.5. The molecule has 2 aromatic carbocycles. The first kappa shape index (κ1) is 19.3. The average Bonchev–Trinajstić information content (AvgIpc) is 3.14. The molecule has 2 aliphatic rings. The predicted molar refractivity (Wildman–Crippen MR) is 105 cm³/mol. The summed E-state index contributed by atoms with van der Waals surface area (Å²) in [6, 6.07) is 7.28. The van der Waals surface area contributed by atoms with Crippen molar-refractivity contribution in [3.05, 3.63) is 46.5 Å². The van der Waals surface area contributed by atoms with Crippen molar-refractivity contribution in [2.75, 3.05) is 27.5 Å². The van der Waals surface area contributed by atoms with Crippen molar-refractivity contribution in [3.8, 4) is 23.0 Å². The van der Waals surface area contributed by atoms with Crippen LogP contribution < -0.4 is 18.9 Å². The topological polar surface area (TPSA) is 74.3 Å². The van der Waals surface area contributed by atoms with E-state index in [2.05, 4.69) is 4.90 Å². The summed E-state index contributed by atoms with van der Waals surface area (Å²) in [5, 5.41) is 0. The van der Waals surface area contributed by atoms with Crippen LogP contribution >= 0.6 is 0 Å². The summed E-state index contributed by atoms with van der Waals surface area (Å²) >= 11 is 0. The standard InChI is InChI=1S/C22H23NO6/c1-13(24)29-22-17-11-23(2)7-6-15-9-20-21(28-12-27-20)10-16(15)18(25)8-14(17)4-5-19(22)26-3/h4-5,9-10H,6-8,11-12H2,1-3H3. The molecule has 0 amide bonds. The van der Waals surface area contributed by atoms with Crippen LogP contribution in [0.2, 0.25) is 0 Å². The number of rotatable bonds is 2. The summed E-state index contributed by atoms with van der Waals surface area (Å²) in [4.78, 5) is 27.0. The van der Waals surface area contributed by atoms with Gasteiger partial charge in [-0.15, -0.1) is 0 Å². The highest BCUT2D eigenvalue weighted by molar-refractivity contribution is 6.00. The lowest BCUT2D eigenvalue weighted by Gasteiger charge is -2.24. The zero-order valence-electron chi connectivity index (χ0n) is 16.7. The second-order valence-corrected chi connectivity index (χ2v) is 7.28. The molecular formula is C22H23NO6. The maximum absolute atomic E-state index is 13.2. The van der Waals surface area contributed by atoms with Gasteiger partial charge in [-0.3, -0.25) is 9.59 Å². The quantitative estimate of drug-likeness (QED) is 0.570. The molecule has 152 valence electrons. The van der Waals surface area contributed by atoms with Gasteiger partial charge in [0, 0.05) is 37.6 Å². The molecule has 0 fully saturated rings. The molecule has 0 spiro atoms. The molecule has 29 heavy (non-hydrogen) atoms. The van der Waals surface area contributed by atoms with Crippen molar-refractivity contribution in [1.29, 1.82) is 0 Å². The van der Waals surface area contributed by atoms with E-state index < -0.39 is 5.97 Å². The Labute approximate surface area is 169 Å². The number of Topliss-reactive ketones (excluding diaryl/α,β-unsaturated/α-hetero) is 1. The van der Waals surface area contributed by atoms with Gasteiger partial charge < -0.3 is 23.8 Å². The van der Waals surface area contributed by atoms with Gasteiger partial charge in [-0.1, -0.05) is 6.07 Å². The normalized spacial score (nSPS) is 16.0. The van der Waals surface area contributed by atoms with Crippen molar-refractivity contribution in [2.45, 2.75) is 26.3 Å². The Balaban J connectivity index is 1.80. The lowest BCUT2D eigenvalue weighted by Crippen LogP contribution is -2.25. The Kier molecular flexibility index (Phi) is 5.15. The molecule has 0 saturated carbocycles. The van der Waals surface area contributed by atoms with Gasteiger partial charge in [-0.2, -0.15) is 0 Å². The molecule has 0 radical (unpaired) electrons. The van der Waals surface area contributed by atoms with E-state index >= 15 is 0 Å². The molecule has 0 bridgehead atoms. The third-order valence-electron chi connectivity index (χ3n) is 5.23. The number of nitrogens with zero attached hydrogens (tertiary/aromatic N) is 1. The largest absolute Gasteiger partial charge is 0.493 e. The molecule has 2 heterocycles. The van der Waals surface area contributed by atoms with Crippen molar-refractivity contribution >= 4 is 11.8 Å². The van der Waals surface area contributed by atoms with Gasteiger partial charge in [-0.05, 0) is 42.8 Å². The van der Waals surface area contributed by atoms with Crippen LogP contribution in [0.3, 0.4) is 0 Å². The number of benzene rings is 2. The second-order valence-electron chi connectivity index (χ2n) is 7.28. The SMILES string of the molecule is COc1ccc2c(c1OC(C)=O)CN(C)CCc1cc3c(cc1C(=O)C2)OCO3. The number of ether oxygens (including phenoxy) is 4. The van der Waals surface area contributed by atoms with Gasteiger partial charge in [0.15, 0.2) is 28.8 Å². The molecule has 0 aromatic heterocycles. The van der Waals surface area contributed by atoms with Crippen LogP contribution in [0.1, 0.15) is 34.0 Å². The third kappa shape index (κ3) is 3.78. The summed E-state index contributed by atoms with van der Waals surface area (Å²) in [7, 11) is 3.53. The van der Waals surface area contributed by atoms with E-state index in [1.807, 2.05) is 19.2 Å². The Hall–Kier alpha value is -3.06. The number of methoxy groups -OCH3 is 1. The van der Waals surface area contributed by atoms with E-state index in [0.717, 1.165) is 23.2 Å². The molecule has 4 rings (SSSR count). The summed E-state index contributed by atoms with van der Waals surface area (Å²) in [5.74, 6) is 1.68. The van der Waals surface area contributed by atoms with Gasteiger partial charge >= 0.3 is 5.97 Å². The summed E-state index contributed by atoms with van der Waals surface area (Å²) in [6.07, 6.45) is 0.879. The van der Waals surface area contributed by atoms with Crippen molar-refractivity contribution < 1.29 is 28.5 Å². The van der Waals surface area contributed by atoms with Crippen molar-refractivity contribution in [1.82, 2.24) is 4.90 Å². The lowest BCUT2D eigenvalue weighted by molar-refractivity contribution is -0.132. The first-order chi connectivity index (χ1) is 14.0. The fraction of sp³-hybridized carbons (Fsp3) is 0.364. The Morgan fingerprint density at radius 3 is 2.62 bits per heavy atom. The molecule has 0 aliphatic carbocycles. The minimum atomic E-state index is -0.430. The van der Waals surface area contributed by atoms with Gasteiger partial charge in [-0.25, -0.2) is 0 Å². The van der Waals surface area contributed by atoms with Crippen LogP contribution in [0.5, 0.6) is 23.0 Å². The summed E-state index contributed by atoms with van der Waals surface area (Å²) in [5.41, 5.74) is 3.19. The summed E-state index contributed by atoms with van der Waals surface area (Å²) in [6.45, 7) is 2.77. The molecule has 2 aliphatic heterocycles. The number of fused-ring (bicyclic) bond motifs is 3. The molecule has 7 heteroatoms. The lowest BCUT2D eigenvalue weighted by atomic mass is 9.92. The molecule has 0 atom stereocenters. The number of ketones is 1. The number of esters is 1. The Morgan fingerprint density at radius 1 is 1.14 bits per heavy atom. The zero-order valence-corrected chi connectivity index (χ0v) is 16.7. The van der Waals surface area contributed by atoms with E-state index in [9.17, 15) is 9.59 Å². The number of carbonyl (C=O) groups is 2. The maximum Gasteiger partial charge on any atom is 0.308 e. The molecule has 2 aromatic rings. The highest BCUT2D eigenvalue weighted by atomic mass is 16.7. The van der Waals surface area contributed by atoms with E-state index in [4.69, 9.17) is 18.9 Å².